The van der Waals surface area contributed by atoms with E-state index in [0.29, 0.717) is 18.0 Å². The number of unbranched alkanes of at least 4 members (excludes halogenated alkanes) is 2. The zero-order valence-corrected chi connectivity index (χ0v) is 18.5. The van der Waals surface area contributed by atoms with Gasteiger partial charge in [-0.1, -0.05) is 56.2 Å². The molecule has 0 bridgehead atoms. The monoisotopic (exact) mass is 399 g/mol. The smallest absolute Gasteiger partial charge is 0.319 e. The second-order valence-electron chi connectivity index (χ2n) is 8.13. The molecule has 5 nitrogen and oxygen atoms in total. The third-order valence-corrected chi connectivity index (χ3v) is 3.83. The van der Waals surface area contributed by atoms with Crippen LogP contribution in [0.1, 0.15) is 58.1 Å². The van der Waals surface area contributed by atoms with Crippen molar-refractivity contribution in [1.82, 2.24) is 5.32 Å². The van der Waals surface area contributed by atoms with Crippen molar-refractivity contribution in [2.45, 2.75) is 65.5 Å². The lowest BCUT2D eigenvalue weighted by molar-refractivity contribution is 0.253. The van der Waals surface area contributed by atoms with E-state index in [2.05, 4.69) is 23.6 Å². The molecule has 29 heavy (non-hydrogen) atoms. The largest absolute Gasteiger partial charge is 0.487 e. The molecule has 2 amide bonds. The fourth-order valence-electron chi connectivity index (χ4n) is 2.46. The van der Waals surface area contributed by atoms with Gasteiger partial charge in [0.2, 0.25) is 0 Å². The lowest BCUT2D eigenvalue weighted by atomic mass is 10.1. The Hall–Kier alpha value is -2.53. The molecule has 160 valence electrons. The molecule has 2 rings (SSSR count). The maximum absolute atomic E-state index is 11.7. The average molecular weight is 400 g/mol. The first kappa shape index (κ1) is 24.5. The molecule has 0 aliphatic carbocycles. The van der Waals surface area contributed by atoms with Crippen molar-refractivity contribution in [3.63, 3.8) is 0 Å². The highest BCUT2D eigenvalue weighted by Crippen LogP contribution is 2.27. The molecule has 0 atom stereocenters. The number of aryl methyl sites for hydroxylation is 1. The van der Waals surface area contributed by atoms with Crippen molar-refractivity contribution < 1.29 is 9.53 Å². The number of carbonyl (C=O) groups is 1. The number of urea groups is 1. The maximum atomic E-state index is 11.7. The van der Waals surface area contributed by atoms with Crippen LogP contribution >= 0.6 is 0 Å². The van der Waals surface area contributed by atoms with Crippen LogP contribution in [0.25, 0.3) is 0 Å². The summed E-state index contributed by atoms with van der Waals surface area (Å²) in [6, 6.07) is 15.8. The molecule has 4 N–H and O–H groups in total. The van der Waals surface area contributed by atoms with Gasteiger partial charge < -0.3 is 21.1 Å². The van der Waals surface area contributed by atoms with Crippen molar-refractivity contribution in [1.29, 1.82) is 0 Å². The van der Waals surface area contributed by atoms with Crippen LogP contribution in [-0.2, 0) is 13.0 Å². The van der Waals surface area contributed by atoms with Gasteiger partial charge in [-0.15, -0.1) is 0 Å². The molecule has 2 aromatic carbocycles. The Bertz CT molecular complexity index is 719. The van der Waals surface area contributed by atoms with Crippen molar-refractivity contribution in [2.24, 2.45) is 5.73 Å². The maximum Gasteiger partial charge on any atom is 0.319 e. The molecule has 0 saturated carbocycles. The van der Waals surface area contributed by atoms with Crippen LogP contribution in [0.3, 0.4) is 0 Å². The Morgan fingerprint density at radius 1 is 1.03 bits per heavy atom. The summed E-state index contributed by atoms with van der Waals surface area (Å²) < 4.78 is 5.91. The van der Waals surface area contributed by atoms with Crippen molar-refractivity contribution in [2.75, 3.05) is 12.4 Å². The van der Waals surface area contributed by atoms with E-state index in [0.717, 1.165) is 18.4 Å². The van der Waals surface area contributed by atoms with Gasteiger partial charge >= 0.3 is 6.03 Å². The summed E-state index contributed by atoms with van der Waals surface area (Å²) in [6.45, 7) is 8.56. The lowest BCUT2D eigenvalue weighted by Crippen LogP contribution is -2.26. The van der Waals surface area contributed by atoms with Gasteiger partial charge in [0.25, 0.3) is 0 Å². The molecular formula is C24H37N3O2. The molecule has 0 spiro atoms. The summed E-state index contributed by atoms with van der Waals surface area (Å²) in [6.07, 6.45) is 4.57. The first-order chi connectivity index (χ1) is 13.7. The molecule has 5 heteroatoms. The average Bonchev–Trinajstić information content (AvgIpc) is 2.67. The Balaban J connectivity index is 0.000000749. The number of nitrogens with one attached hydrogen (secondary N) is 2. The van der Waals surface area contributed by atoms with E-state index in [1.54, 1.807) is 7.05 Å². The second kappa shape index (κ2) is 12.8. The number of amides is 2. The second-order valence-corrected chi connectivity index (χ2v) is 8.13. The number of benzene rings is 2. The van der Waals surface area contributed by atoms with Crippen molar-refractivity contribution in [3.8, 4) is 5.75 Å². The van der Waals surface area contributed by atoms with Gasteiger partial charge in [-0.25, -0.2) is 4.79 Å². The Labute approximate surface area is 176 Å². The molecular weight excluding hydrogens is 362 g/mol. The molecule has 0 saturated heterocycles. The number of anilines is 1. The summed E-state index contributed by atoms with van der Waals surface area (Å²) in [5.41, 5.74) is 8.36. The van der Waals surface area contributed by atoms with Crippen LogP contribution in [0, 0.1) is 0 Å². The fraction of sp³-hybridized carbons (Fsp3) is 0.458. The predicted molar refractivity (Wildman–Crippen MR) is 122 cm³/mol. The van der Waals surface area contributed by atoms with E-state index in [1.165, 1.54) is 18.4 Å². The minimum absolute atomic E-state index is 0. The van der Waals surface area contributed by atoms with E-state index in [1.807, 2.05) is 63.2 Å². The zero-order valence-electron chi connectivity index (χ0n) is 18.5. The molecule has 0 fully saturated rings. The third kappa shape index (κ3) is 11.8. The Morgan fingerprint density at radius 3 is 2.28 bits per heavy atom. The minimum atomic E-state index is -0.245. The van der Waals surface area contributed by atoms with E-state index in [-0.39, 0.29) is 11.6 Å². The van der Waals surface area contributed by atoms with Crippen LogP contribution in [0.5, 0.6) is 5.75 Å². The summed E-state index contributed by atoms with van der Waals surface area (Å²) in [5, 5.41) is 5.43. The van der Waals surface area contributed by atoms with Gasteiger partial charge in [-0.05, 0) is 56.9 Å². The van der Waals surface area contributed by atoms with Crippen molar-refractivity contribution in [3.05, 3.63) is 59.7 Å². The van der Waals surface area contributed by atoms with Gasteiger partial charge in [0.1, 0.15) is 12.4 Å². The summed E-state index contributed by atoms with van der Waals surface area (Å²) in [4.78, 5) is 11.7. The first-order valence-corrected chi connectivity index (χ1v) is 10.3. The minimum Gasteiger partial charge on any atom is -0.487 e. The van der Waals surface area contributed by atoms with Gasteiger partial charge in [-0.2, -0.15) is 0 Å². The standard InChI is InChI=1S/C20H26N2O2.C4H11N/c1-3-4-6-9-16-12-13-19(18(14-16)22-20(23)21-2)24-15-17-10-7-5-8-11-17;1-4(2,3)5/h5,7-8,10-14H,3-4,6,9,15H2,1-2H3,(H2,21,22,23);5H2,1-3H3. The zero-order chi connectivity index (χ0) is 21.7. The Morgan fingerprint density at radius 2 is 1.69 bits per heavy atom. The molecule has 0 aliphatic rings. The lowest BCUT2D eigenvalue weighted by Gasteiger charge is -2.14. The normalized spacial score (nSPS) is 10.6. The molecule has 0 unspecified atom stereocenters. The number of hydrogen-bond acceptors (Lipinski definition) is 3. The molecule has 0 aliphatic heterocycles. The fourth-order valence-corrected chi connectivity index (χ4v) is 2.46. The van der Waals surface area contributed by atoms with Gasteiger partial charge in [0.05, 0.1) is 5.69 Å². The quantitative estimate of drug-likeness (QED) is 0.513. The number of ether oxygens (including phenoxy) is 1. The van der Waals surface area contributed by atoms with E-state index in [9.17, 15) is 4.79 Å². The van der Waals surface area contributed by atoms with Crippen LogP contribution < -0.4 is 21.1 Å². The SMILES string of the molecule is CC(C)(C)N.CCCCCc1ccc(OCc2ccccc2)c(NC(=O)NC)c1. The molecule has 2 aromatic rings. The van der Waals surface area contributed by atoms with Gasteiger partial charge in [-0.3, -0.25) is 0 Å². The van der Waals surface area contributed by atoms with Crippen LogP contribution in [0.2, 0.25) is 0 Å². The van der Waals surface area contributed by atoms with Gasteiger partial charge in [0, 0.05) is 12.6 Å². The Kier molecular flexibility index (Phi) is 10.8. The number of rotatable bonds is 8. The summed E-state index contributed by atoms with van der Waals surface area (Å²) in [7, 11) is 1.60. The van der Waals surface area contributed by atoms with Crippen molar-refractivity contribution >= 4 is 11.7 Å². The number of nitrogens with two attached hydrogens (primary N) is 1. The highest BCUT2D eigenvalue weighted by molar-refractivity contribution is 5.90. The highest BCUT2D eigenvalue weighted by atomic mass is 16.5. The van der Waals surface area contributed by atoms with E-state index in [4.69, 9.17) is 10.5 Å². The molecule has 0 aromatic heterocycles. The number of carbonyl (C=O) groups excluding carboxylic acids is 1. The van der Waals surface area contributed by atoms with Gasteiger partial charge in [0.15, 0.2) is 0 Å². The van der Waals surface area contributed by atoms with E-state index >= 15 is 0 Å². The van der Waals surface area contributed by atoms with Crippen LogP contribution in [-0.4, -0.2) is 18.6 Å². The highest BCUT2D eigenvalue weighted by Gasteiger charge is 2.09. The van der Waals surface area contributed by atoms with Crippen LogP contribution in [0.15, 0.2) is 48.5 Å². The predicted octanol–water partition coefficient (Wildman–Crippen LogP) is 5.49. The molecule has 0 heterocycles. The topological polar surface area (TPSA) is 76.4 Å². The van der Waals surface area contributed by atoms with E-state index < -0.39 is 0 Å². The first-order valence-electron chi connectivity index (χ1n) is 10.3. The molecule has 0 radical (unpaired) electrons. The van der Waals surface area contributed by atoms with Crippen LogP contribution in [0.4, 0.5) is 10.5 Å². The number of hydrogen-bond donors (Lipinski definition) is 3. The summed E-state index contributed by atoms with van der Waals surface area (Å²) >= 11 is 0. The summed E-state index contributed by atoms with van der Waals surface area (Å²) in [5.74, 6) is 0.682. The third-order valence-electron chi connectivity index (χ3n) is 3.83.